The zero-order valence-corrected chi connectivity index (χ0v) is 14.6. The largest absolute Gasteiger partial charge is 0.496 e. The van der Waals surface area contributed by atoms with Crippen molar-refractivity contribution in [3.8, 4) is 16.9 Å². The van der Waals surface area contributed by atoms with Crippen LogP contribution >= 0.6 is 0 Å². The van der Waals surface area contributed by atoms with Crippen LogP contribution in [-0.2, 0) is 0 Å². The number of halogens is 1. The molecule has 3 rings (SSSR count). The topological polar surface area (TPSA) is 29.5 Å². The van der Waals surface area contributed by atoms with E-state index in [1.54, 1.807) is 13.2 Å². The fourth-order valence-electron chi connectivity index (χ4n) is 3.36. The average molecular weight is 341 g/mol. The van der Waals surface area contributed by atoms with Gasteiger partial charge in [-0.15, -0.1) is 0 Å². The summed E-state index contributed by atoms with van der Waals surface area (Å²) < 4.78 is 19.0. The number of carbonyl (C=O) groups is 1. The number of hydrogen-bond donors (Lipinski definition) is 0. The molecule has 0 unspecified atom stereocenters. The van der Waals surface area contributed by atoms with Crippen LogP contribution in [0.4, 0.5) is 4.39 Å². The summed E-state index contributed by atoms with van der Waals surface area (Å²) in [5, 5.41) is 0. The molecule has 0 bridgehead atoms. The van der Waals surface area contributed by atoms with Crippen molar-refractivity contribution >= 4 is 5.91 Å². The summed E-state index contributed by atoms with van der Waals surface area (Å²) >= 11 is 0. The van der Waals surface area contributed by atoms with Crippen LogP contribution in [-0.4, -0.2) is 31.0 Å². The molecular weight excluding hydrogens is 317 g/mol. The first-order valence-corrected chi connectivity index (χ1v) is 8.92. The lowest BCUT2D eigenvalue weighted by Crippen LogP contribution is -2.33. The Balaban J connectivity index is 1.88. The fourth-order valence-corrected chi connectivity index (χ4v) is 3.36. The van der Waals surface area contributed by atoms with Gasteiger partial charge >= 0.3 is 0 Å². The van der Waals surface area contributed by atoms with Crippen LogP contribution < -0.4 is 4.74 Å². The van der Waals surface area contributed by atoms with Gasteiger partial charge in [-0.1, -0.05) is 31.4 Å². The van der Waals surface area contributed by atoms with Crippen molar-refractivity contribution in [1.29, 1.82) is 0 Å². The predicted octanol–water partition coefficient (Wildman–Crippen LogP) is 4.91. The lowest BCUT2D eigenvalue weighted by molar-refractivity contribution is 0.0742. The van der Waals surface area contributed by atoms with E-state index in [0.29, 0.717) is 16.9 Å². The molecule has 1 aliphatic heterocycles. The van der Waals surface area contributed by atoms with Crippen molar-refractivity contribution < 1.29 is 13.9 Å². The molecule has 1 saturated heterocycles. The second-order valence-electron chi connectivity index (χ2n) is 6.49. The highest BCUT2D eigenvalue weighted by molar-refractivity contribution is 5.95. The Hall–Kier alpha value is -2.36. The van der Waals surface area contributed by atoms with E-state index in [-0.39, 0.29) is 11.7 Å². The van der Waals surface area contributed by atoms with E-state index in [9.17, 15) is 9.18 Å². The summed E-state index contributed by atoms with van der Waals surface area (Å²) in [6.45, 7) is 1.62. The Morgan fingerprint density at radius 2 is 1.72 bits per heavy atom. The molecule has 2 aromatic carbocycles. The van der Waals surface area contributed by atoms with Crippen LogP contribution in [0.1, 0.15) is 42.5 Å². The van der Waals surface area contributed by atoms with Crippen LogP contribution in [0, 0.1) is 5.82 Å². The maximum absolute atomic E-state index is 13.7. The highest BCUT2D eigenvalue weighted by Crippen LogP contribution is 2.31. The summed E-state index contributed by atoms with van der Waals surface area (Å²) in [5.41, 5.74) is 2.09. The van der Waals surface area contributed by atoms with Gasteiger partial charge in [-0.05, 0) is 48.7 Å². The first-order valence-electron chi connectivity index (χ1n) is 8.92. The monoisotopic (exact) mass is 341 g/mol. The summed E-state index contributed by atoms with van der Waals surface area (Å²) in [7, 11) is 1.56. The maximum Gasteiger partial charge on any atom is 0.253 e. The molecule has 25 heavy (non-hydrogen) atoms. The highest BCUT2D eigenvalue weighted by Gasteiger charge is 2.18. The third kappa shape index (κ3) is 4.19. The molecule has 1 fully saturated rings. The van der Waals surface area contributed by atoms with Crippen molar-refractivity contribution in [1.82, 2.24) is 4.90 Å². The first kappa shape index (κ1) is 17.5. The van der Waals surface area contributed by atoms with Gasteiger partial charge in [0.1, 0.15) is 11.6 Å². The quantitative estimate of drug-likeness (QED) is 0.794. The van der Waals surface area contributed by atoms with Crippen LogP contribution in [0.15, 0.2) is 42.5 Å². The smallest absolute Gasteiger partial charge is 0.253 e. The van der Waals surface area contributed by atoms with E-state index in [1.165, 1.54) is 31.4 Å². The molecular formula is C21H24FNO2. The SMILES string of the molecule is COc1ccc(F)cc1-c1cccc(C(=O)N2CCCCCCC2)c1. The maximum atomic E-state index is 13.7. The minimum Gasteiger partial charge on any atom is -0.496 e. The third-order valence-electron chi connectivity index (χ3n) is 4.73. The number of carbonyl (C=O) groups excluding carboxylic acids is 1. The molecule has 1 amide bonds. The number of amides is 1. The first-order chi connectivity index (χ1) is 12.2. The molecule has 0 aliphatic carbocycles. The second kappa shape index (κ2) is 8.15. The number of hydrogen-bond acceptors (Lipinski definition) is 2. The van der Waals surface area contributed by atoms with Crippen molar-refractivity contribution in [2.75, 3.05) is 20.2 Å². The molecule has 0 N–H and O–H groups in total. The second-order valence-corrected chi connectivity index (χ2v) is 6.49. The molecule has 2 aromatic rings. The standard InChI is InChI=1S/C21H24FNO2/c1-25-20-11-10-18(22)15-19(20)16-8-7-9-17(14-16)21(24)23-12-5-3-2-4-6-13-23/h7-11,14-15H,2-6,12-13H2,1H3. The molecule has 1 heterocycles. The van der Waals surface area contributed by atoms with Gasteiger partial charge in [-0.25, -0.2) is 4.39 Å². The summed E-state index contributed by atoms with van der Waals surface area (Å²) in [4.78, 5) is 14.8. The van der Waals surface area contributed by atoms with Gasteiger partial charge in [0, 0.05) is 24.2 Å². The Labute approximate surface area is 148 Å². The highest BCUT2D eigenvalue weighted by atomic mass is 19.1. The lowest BCUT2D eigenvalue weighted by atomic mass is 10.0. The number of methoxy groups -OCH3 is 1. The average Bonchev–Trinajstić information content (AvgIpc) is 2.61. The van der Waals surface area contributed by atoms with Crippen LogP contribution in [0.2, 0.25) is 0 Å². The Morgan fingerprint density at radius 1 is 1.00 bits per heavy atom. The van der Waals surface area contributed by atoms with Crippen molar-refractivity contribution in [2.45, 2.75) is 32.1 Å². The van der Waals surface area contributed by atoms with Gasteiger partial charge in [-0.3, -0.25) is 4.79 Å². The van der Waals surface area contributed by atoms with Gasteiger partial charge in [0.2, 0.25) is 0 Å². The minimum absolute atomic E-state index is 0.0547. The van der Waals surface area contributed by atoms with Crippen LogP contribution in [0.3, 0.4) is 0 Å². The number of nitrogens with zero attached hydrogens (tertiary/aromatic N) is 1. The Morgan fingerprint density at radius 3 is 2.44 bits per heavy atom. The molecule has 3 nitrogen and oxygen atoms in total. The van der Waals surface area contributed by atoms with Gasteiger partial charge in [0.05, 0.1) is 7.11 Å². The van der Waals surface area contributed by atoms with E-state index >= 15 is 0 Å². The summed E-state index contributed by atoms with van der Waals surface area (Å²) in [6, 6.07) is 11.8. The van der Waals surface area contributed by atoms with Crippen LogP contribution in [0.25, 0.3) is 11.1 Å². The van der Waals surface area contributed by atoms with E-state index in [0.717, 1.165) is 31.5 Å². The molecule has 132 valence electrons. The molecule has 4 heteroatoms. The third-order valence-corrected chi connectivity index (χ3v) is 4.73. The fraction of sp³-hybridized carbons (Fsp3) is 0.381. The van der Waals surface area contributed by atoms with E-state index < -0.39 is 0 Å². The molecule has 0 saturated carbocycles. The van der Waals surface area contributed by atoms with Crippen LogP contribution in [0.5, 0.6) is 5.75 Å². The van der Waals surface area contributed by atoms with E-state index in [2.05, 4.69) is 0 Å². The summed E-state index contributed by atoms with van der Waals surface area (Å²) in [6.07, 6.45) is 5.75. The molecule has 0 radical (unpaired) electrons. The summed E-state index contributed by atoms with van der Waals surface area (Å²) in [5.74, 6) is 0.327. The number of benzene rings is 2. The van der Waals surface area contributed by atoms with Gasteiger partial charge in [0.15, 0.2) is 0 Å². The van der Waals surface area contributed by atoms with Gasteiger partial charge < -0.3 is 9.64 Å². The molecule has 0 aromatic heterocycles. The van der Waals surface area contributed by atoms with Crippen molar-refractivity contribution in [3.05, 3.63) is 53.8 Å². The van der Waals surface area contributed by atoms with Gasteiger partial charge in [0.25, 0.3) is 5.91 Å². The number of likely N-dealkylation sites (tertiary alicyclic amines) is 1. The minimum atomic E-state index is -0.323. The van der Waals surface area contributed by atoms with Crippen molar-refractivity contribution in [2.24, 2.45) is 0 Å². The van der Waals surface area contributed by atoms with Gasteiger partial charge in [-0.2, -0.15) is 0 Å². The lowest BCUT2D eigenvalue weighted by Gasteiger charge is -2.25. The molecule has 0 atom stereocenters. The Bertz CT molecular complexity index is 736. The normalized spacial score (nSPS) is 15.4. The number of rotatable bonds is 3. The zero-order chi connectivity index (χ0) is 17.6. The Kier molecular flexibility index (Phi) is 5.69. The van der Waals surface area contributed by atoms with Crippen molar-refractivity contribution in [3.63, 3.8) is 0 Å². The van der Waals surface area contributed by atoms with E-state index in [1.807, 2.05) is 29.2 Å². The number of ether oxygens (including phenoxy) is 1. The molecule has 0 spiro atoms. The van der Waals surface area contributed by atoms with E-state index in [4.69, 9.17) is 4.74 Å². The zero-order valence-electron chi connectivity index (χ0n) is 14.6. The molecule has 1 aliphatic rings. The predicted molar refractivity (Wildman–Crippen MR) is 97.4 cm³/mol.